The zero-order chi connectivity index (χ0) is 22.4. The van der Waals surface area contributed by atoms with Gasteiger partial charge in [-0.05, 0) is 38.1 Å². The van der Waals surface area contributed by atoms with Gasteiger partial charge in [-0.2, -0.15) is 0 Å². The molecule has 1 aromatic heterocycles. The molecule has 162 valence electrons. The van der Waals surface area contributed by atoms with E-state index in [1.807, 2.05) is 17.6 Å². The number of carbonyl (C=O) groups excluding carboxylic acids is 2. The normalized spacial score (nSPS) is 11.7. The number of anilines is 1. The molecule has 1 heterocycles. The molecule has 2 N–H and O–H groups in total. The van der Waals surface area contributed by atoms with Gasteiger partial charge in [-0.25, -0.2) is 8.78 Å². The summed E-state index contributed by atoms with van der Waals surface area (Å²) in [5, 5.41) is 14.2. The highest BCUT2D eigenvalue weighted by Gasteiger charge is 2.20. The van der Waals surface area contributed by atoms with Crippen LogP contribution in [-0.4, -0.2) is 32.3 Å². The van der Waals surface area contributed by atoms with Gasteiger partial charge in [0.2, 0.25) is 5.91 Å². The summed E-state index contributed by atoms with van der Waals surface area (Å²) in [5.74, 6) is -2.07. The number of thioether (sulfide) groups is 1. The van der Waals surface area contributed by atoms with E-state index in [9.17, 15) is 18.4 Å². The summed E-state index contributed by atoms with van der Waals surface area (Å²) in [6.45, 7) is 4.26. The predicted octanol–water partition coefficient (Wildman–Crippen LogP) is 3.80. The summed E-state index contributed by atoms with van der Waals surface area (Å²) in [5.41, 5.74) is 0.708. The molecule has 0 radical (unpaired) electrons. The minimum atomic E-state index is -1.03. The Labute approximate surface area is 182 Å². The average molecular weight is 445 g/mol. The van der Waals surface area contributed by atoms with Crippen LogP contribution in [0.25, 0.3) is 0 Å². The van der Waals surface area contributed by atoms with Crippen LogP contribution in [0.1, 0.15) is 36.1 Å². The van der Waals surface area contributed by atoms with Crippen LogP contribution in [-0.2, 0) is 11.3 Å². The molecule has 2 aromatic carbocycles. The molecule has 10 heteroatoms. The van der Waals surface area contributed by atoms with Crippen molar-refractivity contribution in [2.75, 3.05) is 11.1 Å². The zero-order valence-corrected chi connectivity index (χ0v) is 17.7. The van der Waals surface area contributed by atoms with Gasteiger partial charge in [-0.1, -0.05) is 30.0 Å². The number of nitrogens with one attached hydrogen (secondary N) is 2. The van der Waals surface area contributed by atoms with E-state index in [1.165, 1.54) is 6.07 Å². The predicted molar refractivity (Wildman–Crippen MR) is 114 cm³/mol. The number of rotatable bonds is 8. The van der Waals surface area contributed by atoms with E-state index in [1.54, 1.807) is 31.2 Å². The number of carbonyl (C=O) groups is 2. The number of benzene rings is 2. The second-order valence-corrected chi connectivity index (χ2v) is 7.55. The zero-order valence-electron chi connectivity index (χ0n) is 16.9. The first-order valence-electron chi connectivity index (χ1n) is 9.55. The Hall–Kier alpha value is -3.27. The van der Waals surface area contributed by atoms with Gasteiger partial charge in [-0.15, -0.1) is 10.2 Å². The van der Waals surface area contributed by atoms with Crippen molar-refractivity contribution in [3.05, 3.63) is 71.6 Å². The second-order valence-electron chi connectivity index (χ2n) is 6.61. The van der Waals surface area contributed by atoms with E-state index in [2.05, 4.69) is 20.8 Å². The Balaban J connectivity index is 1.62. The monoisotopic (exact) mass is 445 g/mol. The molecule has 0 saturated carbocycles. The van der Waals surface area contributed by atoms with E-state index in [-0.39, 0.29) is 17.3 Å². The Morgan fingerprint density at radius 3 is 2.52 bits per heavy atom. The molecular weight excluding hydrogens is 424 g/mol. The minimum absolute atomic E-state index is 0.00187. The summed E-state index contributed by atoms with van der Waals surface area (Å²) >= 11 is 1.16. The quantitative estimate of drug-likeness (QED) is 0.515. The first kappa shape index (κ1) is 22.4. The molecule has 0 bridgehead atoms. The third-order valence-electron chi connectivity index (χ3n) is 4.37. The van der Waals surface area contributed by atoms with Gasteiger partial charge >= 0.3 is 0 Å². The molecular formula is C21H21F2N5O2S. The largest absolute Gasteiger partial charge is 0.342 e. The van der Waals surface area contributed by atoms with E-state index in [4.69, 9.17) is 0 Å². The summed E-state index contributed by atoms with van der Waals surface area (Å²) in [7, 11) is 0. The third-order valence-corrected chi connectivity index (χ3v) is 5.34. The maximum atomic E-state index is 13.3. The van der Waals surface area contributed by atoms with Crippen molar-refractivity contribution < 1.29 is 18.4 Å². The minimum Gasteiger partial charge on any atom is -0.342 e. The number of hydrogen-bond donors (Lipinski definition) is 2. The van der Waals surface area contributed by atoms with Gasteiger partial charge in [0.05, 0.1) is 11.8 Å². The van der Waals surface area contributed by atoms with Crippen LogP contribution in [0.3, 0.4) is 0 Å². The first-order valence-corrected chi connectivity index (χ1v) is 10.5. The fourth-order valence-corrected chi connectivity index (χ4v) is 3.67. The van der Waals surface area contributed by atoms with Gasteiger partial charge in [-0.3, -0.25) is 9.59 Å². The van der Waals surface area contributed by atoms with Crippen molar-refractivity contribution in [3.63, 3.8) is 0 Å². The lowest BCUT2D eigenvalue weighted by Gasteiger charge is -2.15. The lowest BCUT2D eigenvalue weighted by molar-refractivity contribution is -0.113. The highest BCUT2D eigenvalue weighted by Crippen LogP contribution is 2.21. The number of nitrogens with zero attached hydrogens (tertiary/aromatic N) is 3. The molecule has 3 rings (SSSR count). The molecule has 2 amide bonds. The van der Waals surface area contributed by atoms with Crippen LogP contribution < -0.4 is 10.6 Å². The molecule has 3 aromatic rings. The molecule has 0 aliphatic rings. The van der Waals surface area contributed by atoms with Crippen LogP contribution in [0.5, 0.6) is 0 Å². The van der Waals surface area contributed by atoms with E-state index >= 15 is 0 Å². The van der Waals surface area contributed by atoms with Gasteiger partial charge in [0.1, 0.15) is 0 Å². The van der Waals surface area contributed by atoms with Gasteiger partial charge in [0.25, 0.3) is 5.91 Å². The van der Waals surface area contributed by atoms with Crippen LogP contribution in [0.15, 0.2) is 53.7 Å². The Morgan fingerprint density at radius 2 is 1.84 bits per heavy atom. The topological polar surface area (TPSA) is 88.9 Å². The van der Waals surface area contributed by atoms with E-state index in [0.717, 1.165) is 23.9 Å². The Kier molecular flexibility index (Phi) is 7.35. The second kappa shape index (κ2) is 10.2. The van der Waals surface area contributed by atoms with Crippen LogP contribution in [0, 0.1) is 11.6 Å². The SMILES string of the molecule is CCn1c(SCC(=O)Nc2ccc(F)c(F)c2)nnc1C(C)NC(=O)c1ccccc1. The molecule has 0 aliphatic carbocycles. The highest BCUT2D eigenvalue weighted by atomic mass is 32.2. The maximum Gasteiger partial charge on any atom is 0.251 e. The number of hydrogen-bond acceptors (Lipinski definition) is 5. The summed E-state index contributed by atoms with van der Waals surface area (Å²) in [6, 6.07) is 11.6. The molecule has 31 heavy (non-hydrogen) atoms. The van der Waals surface area contributed by atoms with Crippen LogP contribution >= 0.6 is 11.8 Å². The third kappa shape index (κ3) is 5.66. The standard InChI is InChI=1S/C21H21F2N5O2S/c1-3-28-19(13(2)24-20(30)14-7-5-4-6-8-14)26-27-21(28)31-12-18(29)25-15-9-10-16(22)17(23)11-15/h4-11,13H,3,12H2,1-2H3,(H,24,30)(H,25,29). The summed E-state index contributed by atoms with van der Waals surface area (Å²) in [6.07, 6.45) is 0. The first-order chi connectivity index (χ1) is 14.9. The van der Waals surface area contributed by atoms with Crippen molar-refractivity contribution >= 4 is 29.3 Å². The summed E-state index contributed by atoms with van der Waals surface area (Å²) in [4.78, 5) is 24.6. The highest BCUT2D eigenvalue weighted by molar-refractivity contribution is 7.99. The van der Waals surface area contributed by atoms with Crippen molar-refractivity contribution in [1.82, 2.24) is 20.1 Å². The fraction of sp³-hybridized carbons (Fsp3) is 0.238. The molecule has 0 spiro atoms. The molecule has 0 saturated heterocycles. The van der Waals surface area contributed by atoms with Gasteiger partial charge in [0.15, 0.2) is 22.6 Å². The van der Waals surface area contributed by atoms with E-state index < -0.39 is 23.6 Å². The van der Waals surface area contributed by atoms with Crippen LogP contribution in [0.2, 0.25) is 0 Å². The van der Waals surface area contributed by atoms with Crippen LogP contribution in [0.4, 0.5) is 14.5 Å². The maximum absolute atomic E-state index is 13.3. The number of aromatic nitrogens is 3. The Bertz CT molecular complexity index is 1070. The van der Waals surface area contributed by atoms with Crippen molar-refractivity contribution in [3.8, 4) is 0 Å². The Morgan fingerprint density at radius 1 is 1.10 bits per heavy atom. The smallest absolute Gasteiger partial charge is 0.251 e. The number of halogens is 2. The van der Waals surface area contributed by atoms with Crippen molar-refractivity contribution in [2.24, 2.45) is 0 Å². The lowest BCUT2D eigenvalue weighted by Crippen LogP contribution is -2.28. The molecule has 0 aliphatic heterocycles. The average Bonchev–Trinajstić information content (AvgIpc) is 3.18. The van der Waals surface area contributed by atoms with Crippen molar-refractivity contribution in [1.29, 1.82) is 0 Å². The molecule has 0 fully saturated rings. The lowest BCUT2D eigenvalue weighted by atomic mass is 10.2. The molecule has 7 nitrogen and oxygen atoms in total. The summed E-state index contributed by atoms with van der Waals surface area (Å²) < 4.78 is 28.1. The number of amides is 2. The molecule has 1 unspecified atom stereocenters. The van der Waals surface area contributed by atoms with Gasteiger partial charge < -0.3 is 15.2 Å². The molecule has 1 atom stereocenters. The van der Waals surface area contributed by atoms with Crippen molar-refractivity contribution in [2.45, 2.75) is 31.6 Å². The fourth-order valence-electron chi connectivity index (χ4n) is 2.86. The van der Waals surface area contributed by atoms with E-state index in [0.29, 0.717) is 23.1 Å². The van der Waals surface area contributed by atoms with Gasteiger partial charge in [0, 0.05) is 23.9 Å².